The van der Waals surface area contributed by atoms with Crippen LogP contribution in [0.4, 0.5) is 16.3 Å². The number of aromatic nitrogens is 3. The Labute approximate surface area is 331 Å². The minimum atomic E-state index is -0.351. The molecule has 292 valence electrons. The van der Waals surface area contributed by atoms with Gasteiger partial charge in [0, 0.05) is 62.8 Å². The molecule has 8 rings (SSSR count). The number of nitrogens with zero attached hydrogens (tertiary/aromatic N) is 7. The number of ether oxygens (including phenoxy) is 1. The zero-order valence-corrected chi connectivity index (χ0v) is 32.3. The molecule has 14 heteroatoms. The Morgan fingerprint density at radius 1 is 0.893 bits per heavy atom. The van der Waals surface area contributed by atoms with E-state index in [0.29, 0.717) is 46.8 Å². The molecule has 13 nitrogen and oxygen atoms in total. The van der Waals surface area contributed by atoms with E-state index in [-0.39, 0.29) is 30.0 Å². The number of hydrogen-bond donors (Lipinski definition) is 2. The Hall–Kier alpha value is -5.19. The number of amides is 4. The largest absolute Gasteiger partial charge is 0.490 e. The van der Waals surface area contributed by atoms with E-state index in [2.05, 4.69) is 59.6 Å². The molecule has 3 saturated heterocycles. The summed E-state index contributed by atoms with van der Waals surface area (Å²) >= 11 is 6.15. The molecule has 56 heavy (non-hydrogen) atoms. The van der Waals surface area contributed by atoms with Crippen LogP contribution < -0.4 is 25.2 Å². The van der Waals surface area contributed by atoms with Crippen LogP contribution in [-0.2, 0) is 11.3 Å². The summed E-state index contributed by atoms with van der Waals surface area (Å²) in [4.78, 5) is 43.8. The number of hydrogen-bond acceptors (Lipinski definition) is 9. The average molecular weight is 778 g/mol. The lowest BCUT2D eigenvalue weighted by molar-refractivity contribution is -0.120. The molecule has 0 bridgehead atoms. The van der Waals surface area contributed by atoms with Gasteiger partial charge in [0.15, 0.2) is 11.5 Å². The number of carbonyl (C=O) groups is 3. The zero-order chi connectivity index (χ0) is 38.6. The molecule has 4 aliphatic rings. The topological polar surface area (TPSA) is 149 Å². The number of nitriles is 1. The van der Waals surface area contributed by atoms with Gasteiger partial charge in [-0.3, -0.25) is 19.8 Å². The maximum Gasteiger partial charge on any atom is 0.328 e. The van der Waals surface area contributed by atoms with Crippen molar-refractivity contribution >= 4 is 51.9 Å². The van der Waals surface area contributed by atoms with Crippen molar-refractivity contribution < 1.29 is 19.1 Å². The van der Waals surface area contributed by atoms with E-state index in [0.717, 1.165) is 113 Å². The smallest absolute Gasteiger partial charge is 0.328 e. The lowest BCUT2D eigenvalue weighted by Gasteiger charge is -2.38. The lowest BCUT2D eigenvalue weighted by Crippen LogP contribution is -2.49. The van der Waals surface area contributed by atoms with Gasteiger partial charge in [-0.2, -0.15) is 5.26 Å². The highest BCUT2D eigenvalue weighted by Gasteiger charge is 2.29. The molecular weight excluding hydrogens is 730 g/mol. The SMILES string of the molecule is N#Cc1ccc(OC2CCC(NC(=O)c3ccc(N4CCC(CN5CCC(Cn6ccc7c(N8CCC(=O)NC8=O)cccc76)CC5)CC4)nn3)CC2)cc1Cl. The Morgan fingerprint density at radius 2 is 1.66 bits per heavy atom. The van der Waals surface area contributed by atoms with E-state index in [4.69, 9.17) is 21.6 Å². The van der Waals surface area contributed by atoms with Crippen LogP contribution in [0, 0.1) is 23.2 Å². The van der Waals surface area contributed by atoms with Crippen molar-refractivity contribution in [2.24, 2.45) is 11.8 Å². The molecule has 2 aromatic carbocycles. The number of likely N-dealkylation sites (tertiary alicyclic amines) is 1. The average Bonchev–Trinajstić information content (AvgIpc) is 3.63. The van der Waals surface area contributed by atoms with Gasteiger partial charge in [-0.05, 0) is 119 Å². The van der Waals surface area contributed by atoms with Crippen LogP contribution in [0.25, 0.3) is 10.9 Å². The number of rotatable bonds is 10. The van der Waals surface area contributed by atoms with Crippen LogP contribution >= 0.6 is 11.6 Å². The van der Waals surface area contributed by atoms with E-state index in [1.165, 1.54) is 0 Å². The molecule has 1 aliphatic carbocycles. The second kappa shape index (κ2) is 16.9. The summed E-state index contributed by atoms with van der Waals surface area (Å²) in [7, 11) is 0. The second-order valence-electron chi connectivity index (χ2n) is 15.7. The van der Waals surface area contributed by atoms with E-state index >= 15 is 0 Å². The number of halogens is 1. The second-order valence-corrected chi connectivity index (χ2v) is 16.1. The summed E-state index contributed by atoms with van der Waals surface area (Å²) in [6.45, 7) is 6.55. The van der Waals surface area contributed by atoms with Crippen LogP contribution in [0.5, 0.6) is 5.75 Å². The van der Waals surface area contributed by atoms with Crippen LogP contribution in [-0.4, -0.2) is 88.9 Å². The summed E-state index contributed by atoms with van der Waals surface area (Å²) in [6.07, 6.45) is 10.3. The molecule has 0 radical (unpaired) electrons. The van der Waals surface area contributed by atoms with Crippen molar-refractivity contribution in [3.8, 4) is 11.8 Å². The van der Waals surface area contributed by atoms with Gasteiger partial charge in [-0.25, -0.2) is 4.79 Å². The first-order chi connectivity index (χ1) is 27.3. The third-order valence-electron chi connectivity index (χ3n) is 12.0. The van der Waals surface area contributed by atoms with Gasteiger partial charge >= 0.3 is 6.03 Å². The lowest BCUT2D eigenvalue weighted by atomic mass is 9.92. The van der Waals surface area contributed by atoms with Crippen molar-refractivity contribution in [3.63, 3.8) is 0 Å². The van der Waals surface area contributed by atoms with Gasteiger partial charge in [-0.15, -0.1) is 10.2 Å². The van der Waals surface area contributed by atoms with Gasteiger partial charge in [0.2, 0.25) is 5.91 Å². The number of nitrogens with one attached hydrogen (secondary N) is 2. The molecule has 4 fully saturated rings. The van der Waals surface area contributed by atoms with E-state index in [1.54, 1.807) is 29.2 Å². The molecule has 1 saturated carbocycles. The van der Waals surface area contributed by atoms with Crippen LogP contribution in [0.1, 0.15) is 73.8 Å². The predicted octanol–water partition coefficient (Wildman–Crippen LogP) is 6.15. The van der Waals surface area contributed by atoms with Crippen molar-refractivity contribution in [1.82, 2.24) is 30.3 Å². The molecule has 5 heterocycles. The number of carbonyl (C=O) groups excluding carboxylic acids is 3. The fourth-order valence-electron chi connectivity index (χ4n) is 8.79. The van der Waals surface area contributed by atoms with Gasteiger partial charge in [0.25, 0.3) is 5.91 Å². The first-order valence-corrected chi connectivity index (χ1v) is 20.3. The van der Waals surface area contributed by atoms with Crippen molar-refractivity contribution in [3.05, 3.63) is 77.1 Å². The highest BCUT2D eigenvalue weighted by molar-refractivity contribution is 6.31. The molecule has 3 aliphatic heterocycles. The number of urea groups is 1. The quantitative estimate of drug-likeness (QED) is 0.193. The number of fused-ring (bicyclic) bond motifs is 1. The Bertz CT molecular complexity index is 2090. The fraction of sp³-hybridized carbons (Fsp3) is 0.476. The van der Waals surface area contributed by atoms with Gasteiger partial charge < -0.3 is 24.4 Å². The molecular formula is C42H48ClN9O4. The number of piperidine rings is 2. The Kier molecular flexibility index (Phi) is 11.4. The number of imide groups is 1. The maximum absolute atomic E-state index is 13.0. The van der Waals surface area contributed by atoms with Crippen molar-refractivity contribution in [2.45, 2.75) is 76.5 Å². The summed E-state index contributed by atoms with van der Waals surface area (Å²) in [6, 6.07) is 18.8. The van der Waals surface area contributed by atoms with E-state index < -0.39 is 0 Å². The van der Waals surface area contributed by atoms with Crippen LogP contribution in [0.3, 0.4) is 0 Å². The highest BCUT2D eigenvalue weighted by Crippen LogP contribution is 2.32. The Morgan fingerprint density at radius 3 is 2.38 bits per heavy atom. The number of benzene rings is 2. The van der Waals surface area contributed by atoms with Gasteiger partial charge in [-0.1, -0.05) is 17.7 Å². The van der Waals surface area contributed by atoms with Gasteiger partial charge in [0.05, 0.1) is 27.9 Å². The fourth-order valence-corrected chi connectivity index (χ4v) is 9.00. The van der Waals surface area contributed by atoms with E-state index in [1.807, 2.05) is 18.2 Å². The van der Waals surface area contributed by atoms with E-state index in [9.17, 15) is 14.4 Å². The molecule has 0 atom stereocenters. The molecule has 4 aromatic rings. The summed E-state index contributed by atoms with van der Waals surface area (Å²) in [5.41, 5.74) is 2.73. The minimum Gasteiger partial charge on any atom is -0.490 e. The summed E-state index contributed by atoms with van der Waals surface area (Å²) in [5.74, 6) is 2.30. The predicted molar refractivity (Wildman–Crippen MR) is 214 cm³/mol. The normalized spacial score (nSPS) is 21.5. The summed E-state index contributed by atoms with van der Waals surface area (Å²) in [5, 5.41) is 24.8. The first-order valence-electron chi connectivity index (χ1n) is 20.0. The maximum atomic E-state index is 13.0. The molecule has 2 aromatic heterocycles. The summed E-state index contributed by atoms with van der Waals surface area (Å²) < 4.78 is 8.41. The van der Waals surface area contributed by atoms with Crippen LogP contribution in [0.15, 0.2) is 60.8 Å². The number of anilines is 2. The third kappa shape index (κ3) is 8.61. The van der Waals surface area contributed by atoms with Crippen molar-refractivity contribution in [1.29, 1.82) is 5.26 Å². The molecule has 0 spiro atoms. The highest BCUT2D eigenvalue weighted by atomic mass is 35.5. The zero-order valence-electron chi connectivity index (χ0n) is 31.5. The first kappa shape index (κ1) is 37.7. The molecule has 0 unspecified atom stereocenters. The standard InChI is InChI=1S/C42H48ClN9O4/c43-35-24-33(7-4-30(35)25-44)56-32-8-5-31(6-9-32)45-41(54)36-10-11-39(48-47-36)50-20-14-28(15-21-50)26-49-18-12-29(13-19-49)27-51-22-16-34-37(51)2-1-3-38(34)52-23-17-40(53)46-42(52)55/h1-4,7,10-11,16,22,24,28-29,31-32H,5-6,8-9,12-15,17-21,23,26-27H2,(H,45,54)(H,46,53,55). The van der Waals surface area contributed by atoms with Crippen LogP contribution in [0.2, 0.25) is 5.02 Å². The van der Waals surface area contributed by atoms with Gasteiger partial charge in [0.1, 0.15) is 11.8 Å². The monoisotopic (exact) mass is 777 g/mol. The van der Waals surface area contributed by atoms with Crippen molar-refractivity contribution in [2.75, 3.05) is 49.1 Å². The molecule has 2 N–H and O–H groups in total. The Balaban J connectivity index is 0.744. The third-order valence-corrected chi connectivity index (χ3v) is 12.3. The molecule has 4 amide bonds. The minimum absolute atomic E-state index is 0.0370.